The Balaban J connectivity index is 1.77. The zero-order chi connectivity index (χ0) is 17.9. The Bertz CT molecular complexity index is 915. The summed E-state index contributed by atoms with van der Waals surface area (Å²) in [6.07, 6.45) is 12.4. The number of aliphatic hydroxyl groups is 1. The third-order valence-electron chi connectivity index (χ3n) is 6.96. The van der Waals surface area contributed by atoms with Gasteiger partial charge in [0.1, 0.15) is 0 Å². The second-order valence-electron chi connectivity index (χ2n) is 8.45. The van der Waals surface area contributed by atoms with Crippen LogP contribution >= 0.6 is 0 Å². The normalized spacial score (nSPS) is 35.5. The van der Waals surface area contributed by atoms with E-state index in [-0.39, 0.29) is 22.7 Å². The number of benzene rings is 1. The highest BCUT2D eigenvalue weighted by Crippen LogP contribution is 2.60. The number of ketones is 1. The quantitative estimate of drug-likeness (QED) is 0.810. The lowest BCUT2D eigenvalue weighted by molar-refractivity contribution is -0.110. The van der Waals surface area contributed by atoms with Gasteiger partial charge in [-0.05, 0) is 77.5 Å². The topological polar surface area (TPSA) is 37.3 Å². The van der Waals surface area contributed by atoms with Crippen LogP contribution in [0.4, 0.5) is 0 Å². The SMILES string of the molecule is C[C@]12CCC3=C(CCC4=CC(=O)C=C[C@]43c3ccccc3)C1=C[C@@H](O)C2. The number of carbonyl (C=O) groups is 1. The maximum Gasteiger partial charge on any atom is 0.178 e. The second-order valence-corrected chi connectivity index (χ2v) is 8.45. The van der Waals surface area contributed by atoms with E-state index >= 15 is 0 Å². The van der Waals surface area contributed by atoms with Crippen molar-refractivity contribution < 1.29 is 9.90 Å². The summed E-state index contributed by atoms with van der Waals surface area (Å²) in [5.74, 6) is 0.103. The maximum atomic E-state index is 12.1. The van der Waals surface area contributed by atoms with Gasteiger partial charge in [-0.25, -0.2) is 0 Å². The molecule has 0 saturated heterocycles. The first-order chi connectivity index (χ1) is 12.5. The number of hydrogen-bond donors (Lipinski definition) is 1. The van der Waals surface area contributed by atoms with Crippen molar-refractivity contribution in [2.45, 2.75) is 50.5 Å². The standard InChI is InChI=1S/C24H24O2/c1-23-11-10-21-20(22(23)14-19(26)15-23)8-7-17-13-18(25)9-12-24(17,21)16-5-3-2-4-6-16/h2-6,9,12-14,19,26H,7-8,10-11,15H2,1H3/t19-,23-,24+/m1/s1. The molecule has 0 heterocycles. The van der Waals surface area contributed by atoms with Crippen molar-refractivity contribution in [1.29, 1.82) is 0 Å². The minimum Gasteiger partial charge on any atom is -0.389 e. The summed E-state index contributed by atoms with van der Waals surface area (Å²) in [5.41, 5.74) is 6.57. The molecule has 2 nitrogen and oxygen atoms in total. The van der Waals surface area contributed by atoms with Gasteiger partial charge >= 0.3 is 0 Å². The highest BCUT2D eigenvalue weighted by Gasteiger charge is 2.50. The molecule has 1 aromatic rings. The number of allylic oxidation sites excluding steroid dienone is 7. The van der Waals surface area contributed by atoms with Gasteiger partial charge in [0, 0.05) is 0 Å². The molecule has 4 aliphatic carbocycles. The van der Waals surface area contributed by atoms with Crippen molar-refractivity contribution in [2.24, 2.45) is 5.41 Å². The second kappa shape index (κ2) is 5.40. The fourth-order valence-electron chi connectivity index (χ4n) is 5.79. The maximum absolute atomic E-state index is 12.1. The average Bonchev–Trinajstić information content (AvgIpc) is 2.96. The molecule has 0 aliphatic heterocycles. The minimum atomic E-state index is -0.324. The van der Waals surface area contributed by atoms with Crippen LogP contribution in [-0.4, -0.2) is 17.0 Å². The van der Waals surface area contributed by atoms with Crippen LogP contribution < -0.4 is 0 Å². The van der Waals surface area contributed by atoms with Gasteiger partial charge in [-0.15, -0.1) is 0 Å². The Kier molecular flexibility index (Phi) is 3.33. The van der Waals surface area contributed by atoms with Crippen molar-refractivity contribution in [3.8, 4) is 0 Å². The Morgan fingerprint density at radius 3 is 2.73 bits per heavy atom. The molecular weight excluding hydrogens is 320 g/mol. The molecule has 3 atom stereocenters. The smallest absolute Gasteiger partial charge is 0.178 e. The summed E-state index contributed by atoms with van der Waals surface area (Å²) >= 11 is 0. The summed E-state index contributed by atoms with van der Waals surface area (Å²) in [5, 5.41) is 10.3. The fourth-order valence-corrected chi connectivity index (χ4v) is 5.79. The fraction of sp³-hybridized carbons (Fsp3) is 0.375. The van der Waals surface area contributed by atoms with Gasteiger partial charge in [-0.3, -0.25) is 4.79 Å². The van der Waals surface area contributed by atoms with Crippen LogP contribution in [0.2, 0.25) is 0 Å². The zero-order valence-electron chi connectivity index (χ0n) is 15.2. The lowest BCUT2D eigenvalue weighted by Crippen LogP contribution is -2.39. The number of fused-ring (bicyclic) bond motifs is 4. The van der Waals surface area contributed by atoms with E-state index in [4.69, 9.17) is 0 Å². The molecule has 0 radical (unpaired) electrons. The first-order valence-corrected chi connectivity index (χ1v) is 9.66. The summed E-state index contributed by atoms with van der Waals surface area (Å²) in [7, 11) is 0. The Hall–Kier alpha value is -2.19. The third-order valence-corrected chi connectivity index (χ3v) is 6.96. The summed E-state index contributed by atoms with van der Waals surface area (Å²) in [6.45, 7) is 2.31. The lowest BCUT2D eigenvalue weighted by atomic mass is 9.55. The van der Waals surface area contributed by atoms with E-state index in [2.05, 4.69) is 43.3 Å². The molecule has 2 heteroatoms. The predicted molar refractivity (Wildman–Crippen MR) is 103 cm³/mol. The van der Waals surface area contributed by atoms with Crippen molar-refractivity contribution in [1.82, 2.24) is 0 Å². The predicted octanol–water partition coefficient (Wildman–Crippen LogP) is 4.57. The van der Waals surface area contributed by atoms with Crippen molar-refractivity contribution in [2.75, 3.05) is 0 Å². The molecule has 1 N–H and O–H groups in total. The van der Waals surface area contributed by atoms with Crippen LogP contribution in [-0.2, 0) is 10.2 Å². The van der Waals surface area contributed by atoms with E-state index in [1.54, 1.807) is 6.08 Å². The van der Waals surface area contributed by atoms with E-state index < -0.39 is 0 Å². The molecule has 0 fully saturated rings. The van der Waals surface area contributed by atoms with Gasteiger partial charge in [0.15, 0.2) is 5.78 Å². The molecule has 0 aromatic heterocycles. The number of aliphatic hydroxyl groups excluding tert-OH is 1. The van der Waals surface area contributed by atoms with Gasteiger partial charge in [-0.1, -0.05) is 49.4 Å². The van der Waals surface area contributed by atoms with Crippen LogP contribution in [0.5, 0.6) is 0 Å². The van der Waals surface area contributed by atoms with Crippen molar-refractivity contribution >= 4 is 5.78 Å². The van der Waals surface area contributed by atoms with Gasteiger partial charge in [0.2, 0.25) is 0 Å². The summed E-state index contributed by atoms with van der Waals surface area (Å²) < 4.78 is 0. The van der Waals surface area contributed by atoms with E-state index in [1.807, 2.05) is 12.1 Å². The largest absolute Gasteiger partial charge is 0.389 e. The van der Waals surface area contributed by atoms with Crippen LogP contribution in [0.3, 0.4) is 0 Å². The monoisotopic (exact) mass is 344 g/mol. The molecule has 0 unspecified atom stereocenters. The highest BCUT2D eigenvalue weighted by molar-refractivity contribution is 6.02. The molecule has 4 aliphatic rings. The molecule has 0 bridgehead atoms. The number of hydrogen-bond acceptors (Lipinski definition) is 2. The lowest BCUT2D eigenvalue weighted by Gasteiger charge is -2.48. The third kappa shape index (κ3) is 2.05. The molecule has 0 spiro atoms. The molecule has 0 amide bonds. The molecule has 26 heavy (non-hydrogen) atoms. The van der Waals surface area contributed by atoms with Crippen LogP contribution in [0.25, 0.3) is 0 Å². The summed E-state index contributed by atoms with van der Waals surface area (Å²) in [4.78, 5) is 12.1. The first kappa shape index (κ1) is 16.0. The van der Waals surface area contributed by atoms with Crippen molar-refractivity contribution in [3.05, 3.63) is 82.5 Å². The zero-order valence-corrected chi connectivity index (χ0v) is 15.2. The Morgan fingerprint density at radius 1 is 1.12 bits per heavy atom. The molecule has 132 valence electrons. The first-order valence-electron chi connectivity index (χ1n) is 9.66. The van der Waals surface area contributed by atoms with Gasteiger partial charge in [0.05, 0.1) is 11.5 Å². The molecule has 5 rings (SSSR count). The minimum absolute atomic E-state index is 0.103. The Labute approximate surface area is 154 Å². The molecular formula is C24H24O2. The van der Waals surface area contributed by atoms with E-state index in [1.165, 1.54) is 27.9 Å². The van der Waals surface area contributed by atoms with E-state index in [0.717, 1.165) is 32.1 Å². The van der Waals surface area contributed by atoms with Crippen LogP contribution in [0.15, 0.2) is 76.9 Å². The van der Waals surface area contributed by atoms with Crippen molar-refractivity contribution in [3.63, 3.8) is 0 Å². The number of carbonyl (C=O) groups excluding carboxylic acids is 1. The van der Waals surface area contributed by atoms with Gasteiger partial charge in [-0.2, -0.15) is 0 Å². The van der Waals surface area contributed by atoms with E-state index in [0.29, 0.717) is 0 Å². The highest BCUT2D eigenvalue weighted by atomic mass is 16.3. The molecule has 0 saturated carbocycles. The average molecular weight is 344 g/mol. The van der Waals surface area contributed by atoms with Crippen LogP contribution in [0.1, 0.15) is 44.6 Å². The van der Waals surface area contributed by atoms with E-state index in [9.17, 15) is 9.90 Å². The summed E-state index contributed by atoms with van der Waals surface area (Å²) in [6, 6.07) is 10.6. The van der Waals surface area contributed by atoms with Gasteiger partial charge < -0.3 is 5.11 Å². The van der Waals surface area contributed by atoms with Gasteiger partial charge in [0.25, 0.3) is 0 Å². The molecule has 1 aromatic carbocycles. The van der Waals surface area contributed by atoms with Crippen LogP contribution in [0, 0.1) is 5.41 Å². The Morgan fingerprint density at radius 2 is 1.92 bits per heavy atom. The number of rotatable bonds is 1.